The van der Waals surface area contributed by atoms with Crippen LogP contribution in [0, 0.1) is 6.92 Å². The maximum Gasteiger partial charge on any atom is 0.320 e. The number of nitrogens with one attached hydrogen (secondary N) is 3. The van der Waals surface area contributed by atoms with Crippen molar-refractivity contribution in [2.45, 2.75) is 52.1 Å². The molecule has 11 heteroatoms. The molecule has 2 amide bonds. The quantitative estimate of drug-likeness (QED) is 0.328. The second kappa shape index (κ2) is 10.1. The molecule has 0 aromatic carbocycles. The first kappa shape index (κ1) is 24.1. The number of hydrogen-bond acceptors (Lipinski definition) is 7. The predicted molar refractivity (Wildman–Crippen MR) is 141 cm³/mol. The van der Waals surface area contributed by atoms with E-state index in [1.54, 1.807) is 29.6 Å². The van der Waals surface area contributed by atoms with Gasteiger partial charge in [0.15, 0.2) is 0 Å². The number of amides is 2. The van der Waals surface area contributed by atoms with E-state index in [1.165, 1.54) is 37.9 Å². The first-order valence-corrected chi connectivity index (χ1v) is 13.3. The molecule has 0 saturated carbocycles. The molecule has 8 nitrogen and oxygen atoms in total. The van der Waals surface area contributed by atoms with E-state index < -0.39 is 0 Å². The molecule has 0 atom stereocenters. The molecule has 5 heterocycles. The van der Waals surface area contributed by atoms with E-state index in [0.29, 0.717) is 18.3 Å². The molecule has 0 saturated heterocycles. The summed E-state index contributed by atoms with van der Waals surface area (Å²) in [4.78, 5) is 15.7. The Labute approximate surface area is 217 Å². The van der Waals surface area contributed by atoms with Crippen molar-refractivity contribution in [3.8, 4) is 16.5 Å². The van der Waals surface area contributed by atoms with Gasteiger partial charge in [0.2, 0.25) is 5.89 Å². The lowest BCUT2D eigenvalue weighted by molar-refractivity contribution is 0.252. The van der Waals surface area contributed by atoms with E-state index >= 15 is 0 Å². The van der Waals surface area contributed by atoms with Crippen LogP contribution in [0.15, 0.2) is 28.9 Å². The standard InChI is InChI=1S/C24H26N6O2S2.ClH/c1-14-28-29-21(32-14)20-16-6-2-3-7-18(16)33-22(20)27-24(31)26-12-17-15-8-9-25-13-19(15)34-23(17)30-10-4-5-11-30;/h4-5,10-11,25H,2-3,6-9,12-13H2,1H3,(H2,26,27,31);1H. The minimum Gasteiger partial charge on any atom is -0.421 e. The number of urea groups is 1. The molecule has 2 aliphatic rings. The molecule has 0 spiro atoms. The normalized spacial score (nSPS) is 14.7. The van der Waals surface area contributed by atoms with Crippen molar-refractivity contribution >= 4 is 46.1 Å². The zero-order chi connectivity index (χ0) is 23.1. The molecule has 4 aromatic heterocycles. The molecule has 184 valence electrons. The summed E-state index contributed by atoms with van der Waals surface area (Å²) in [6.07, 6.45) is 9.40. The van der Waals surface area contributed by atoms with Gasteiger partial charge >= 0.3 is 6.03 Å². The van der Waals surface area contributed by atoms with Gasteiger partial charge in [0.1, 0.15) is 10.0 Å². The van der Waals surface area contributed by atoms with Crippen LogP contribution in [0.2, 0.25) is 0 Å². The number of aromatic nitrogens is 3. The first-order valence-electron chi connectivity index (χ1n) is 11.6. The van der Waals surface area contributed by atoms with E-state index in [0.717, 1.165) is 49.3 Å². The summed E-state index contributed by atoms with van der Waals surface area (Å²) < 4.78 is 7.90. The number of rotatable bonds is 5. The van der Waals surface area contributed by atoms with Gasteiger partial charge in [-0.2, -0.15) is 0 Å². The number of nitrogens with zero attached hydrogens (tertiary/aromatic N) is 3. The van der Waals surface area contributed by atoms with E-state index in [4.69, 9.17) is 4.42 Å². The van der Waals surface area contributed by atoms with Gasteiger partial charge in [-0.05, 0) is 61.9 Å². The zero-order valence-corrected chi connectivity index (χ0v) is 21.8. The number of halogens is 1. The third kappa shape index (κ3) is 4.63. The monoisotopic (exact) mass is 530 g/mol. The van der Waals surface area contributed by atoms with Crippen molar-refractivity contribution < 1.29 is 9.21 Å². The number of fused-ring (bicyclic) bond motifs is 2. The number of hydrogen-bond donors (Lipinski definition) is 3. The molecule has 0 radical (unpaired) electrons. The Hall–Kier alpha value is -2.66. The topological polar surface area (TPSA) is 97.0 Å². The highest BCUT2D eigenvalue weighted by Gasteiger charge is 2.27. The highest BCUT2D eigenvalue weighted by atomic mass is 35.5. The number of aryl methyl sites for hydroxylation is 2. The third-order valence-corrected chi connectivity index (χ3v) is 8.91. The van der Waals surface area contributed by atoms with Gasteiger partial charge < -0.3 is 19.6 Å². The summed E-state index contributed by atoms with van der Waals surface area (Å²) in [5.74, 6) is 1.01. The van der Waals surface area contributed by atoms with Crippen molar-refractivity contribution in [3.05, 3.63) is 56.9 Å². The minimum absolute atomic E-state index is 0. The Bertz CT molecular complexity index is 1340. The van der Waals surface area contributed by atoms with Gasteiger partial charge in [0.05, 0.1) is 5.56 Å². The maximum absolute atomic E-state index is 13.1. The van der Waals surface area contributed by atoms with E-state index in [-0.39, 0.29) is 18.4 Å². The van der Waals surface area contributed by atoms with Gasteiger partial charge in [-0.3, -0.25) is 5.32 Å². The molecule has 3 N–H and O–H groups in total. The lowest BCUT2D eigenvalue weighted by atomic mass is 9.95. The minimum atomic E-state index is -0.219. The number of thiophene rings is 2. The largest absolute Gasteiger partial charge is 0.421 e. The average molecular weight is 531 g/mol. The number of carbonyl (C=O) groups excluding carboxylic acids is 1. The fourth-order valence-corrected chi connectivity index (χ4v) is 7.42. The van der Waals surface area contributed by atoms with Crippen LogP contribution in [-0.4, -0.2) is 27.3 Å². The van der Waals surface area contributed by atoms with Crippen molar-refractivity contribution in [2.24, 2.45) is 0 Å². The van der Waals surface area contributed by atoms with E-state index in [2.05, 4.69) is 43.1 Å². The summed E-state index contributed by atoms with van der Waals surface area (Å²) in [6.45, 7) is 4.11. The second-order valence-electron chi connectivity index (χ2n) is 8.65. The van der Waals surface area contributed by atoms with Crippen LogP contribution in [0.3, 0.4) is 0 Å². The van der Waals surface area contributed by atoms with Crippen LogP contribution in [0.25, 0.3) is 16.5 Å². The molecule has 0 fully saturated rings. The molecule has 4 aromatic rings. The van der Waals surface area contributed by atoms with Crippen LogP contribution in [-0.2, 0) is 32.4 Å². The highest BCUT2D eigenvalue weighted by molar-refractivity contribution is 7.17. The van der Waals surface area contributed by atoms with Crippen molar-refractivity contribution in [2.75, 3.05) is 11.9 Å². The van der Waals surface area contributed by atoms with Crippen LogP contribution in [0.5, 0.6) is 0 Å². The third-order valence-electron chi connectivity index (χ3n) is 6.42. The summed E-state index contributed by atoms with van der Waals surface area (Å²) in [5.41, 5.74) is 4.69. The molecule has 0 unspecified atom stereocenters. The Kier molecular flexibility index (Phi) is 6.97. The van der Waals surface area contributed by atoms with Crippen molar-refractivity contribution in [1.29, 1.82) is 0 Å². The summed E-state index contributed by atoms with van der Waals surface area (Å²) in [7, 11) is 0. The number of carbonyl (C=O) groups is 1. The summed E-state index contributed by atoms with van der Waals surface area (Å²) >= 11 is 3.43. The molecule has 6 rings (SSSR count). The van der Waals surface area contributed by atoms with Crippen LogP contribution >= 0.6 is 35.1 Å². The van der Waals surface area contributed by atoms with Gasteiger partial charge in [-0.25, -0.2) is 4.79 Å². The second-order valence-corrected chi connectivity index (χ2v) is 10.8. The zero-order valence-electron chi connectivity index (χ0n) is 19.3. The SMILES string of the molecule is Cc1nnc(-c2c(NC(=O)NCc3c(-n4cccc4)sc4c3CCNC4)sc3c2CCCC3)o1.Cl. The predicted octanol–water partition coefficient (Wildman–Crippen LogP) is 5.23. The molecule has 35 heavy (non-hydrogen) atoms. The van der Waals surface area contributed by atoms with Gasteiger partial charge in [-0.1, -0.05) is 0 Å². The lowest BCUT2D eigenvalue weighted by Gasteiger charge is -2.15. The Morgan fingerprint density at radius 3 is 2.74 bits per heavy atom. The van der Waals surface area contributed by atoms with Gasteiger partial charge in [-0.15, -0.1) is 45.3 Å². The first-order chi connectivity index (χ1) is 16.7. The summed E-state index contributed by atoms with van der Waals surface area (Å²) in [5, 5.41) is 19.9. The highest BCUT2D eigenvalue weighted by Crippen LogP contribution is 2.43. The Morgan fingerprint density at radius 1 is 1.11 bits per heavy atom. The molecule has 0 bridgehead atoms. The maximum atomic E-state index is 13.1. The van der Waals surface area contributed by atoms with Crippen LogP contribution < -0.4 is 16.0 Å². The van der Waals surface area contributed by atoms with Crippen molar-refractivity contribution in [1.82, 2.24) is 25.4 Å². The van der Waals surface area contributed by atoms with Crippen molar-refractivity contribution in [3.63, 3.8) is 0 Å². The number of anilines is 1. The van der Waals surface area contributed by atoms with E-state index in [9.17, 15) is 4.79 Å². The Morgan fingerprint density at radius 2 is 1.94 bits per heavy atom. The molecule has 1 aliphatic heterocycles. The fraction of sp³-hybridized carbons (Fsp3) is 0.375. The molecule has 1 aliphatic carbocycles. The average Bonchev–Trinajstić information content (AvgIpc) is 3.62. The summed E-state index contributed by atoms with van der Waals surface area (Å²) in [6, 6.07) is 3.84. The van der Waals surface area contributed by atoms with Gasteiger partial charge in [0, 0.05) is 47.7 Å². The smallest absolute Gasteiger partial charge is 0.320 e. The van der Waals surface area contributed by atoms with Crippen LogP contribution in [0.4, 0.5) is 9.80 Å². The lowest BCUT2D eigenvalue weighted by Crippen LogP contribution is -2.29. The Balaban J connectivity index is 0.00000253. The molecular formula is C24H27ClN6O2S2. The van der Waals surface area contributed by atoms with Crippen LogP contribution in [0.1, 0.15) is 45.2 Å². The fourth-order valence-electron chi connectivity index (χ4n) is 4.84. The molecular weight excluding hydrogens is 504 g/mol. The van der Waals surface area contributed by atoms with E-state index in [1.807, 2.05) is 12.1 Å². The van der Waals surface area contributed by atoms with Gasteiger partial charge in [0.25, 0.3) is 5.89 Å².